The molecule has 1 aliphatic heterocycles. The van der Waals surface area contributed by atoms with Crippen LogP contribution in [-0.4, -0.2) is 23.3 Å². The van der Waals surface area contributed by atoms with E-state index in [9.17, 15) is 9.59 Å². The van der Waals surface area contributed by atoms with Gasteiger partial charge in [-0.1, -0.05) is 36.4 Å². The highest BCUT2D eigenvalue weighted by atomic mass is 32.1. The van der Waals surface area contributed by atoms with E-state index < -0.39 is 6.09 Å². The molecule has 2 heterocycles. The van der Waals surface area contributed by atoms with E-state index in [0.29, 0.717) is 24.4 Å². The number of cyclic esters (lactones) is 1. The van der Waals surface area contributed by atoms with Gasteiger partial charge >= 0.3 is 6.09 Å². The molecule has 0 spiro atoms. The van der Waals surface area contributed by atoms with Gasteiger partial charge in [-0.15, -0.1) is 11.3 Å². The van der Waals surface area contributed by atoms with E-state index in [2.05, 4.69) is 0 Å². The van der Waals surface area contributed by atoms with Crippen LogP contribution in [0, 0.1) is 0 Å². The summed E-state index contributed by atoms with van der Waals surface area (Å²) in [5.74, 6) is 0.238. The number of ether oxygens (including phenoxy) is 1. The molecule has 1 aromatic carbocycles. The lowest BCUT2D eigenvalue weighted by Crippen LogP contribution is -2.22. The molecule has 1 amide bonds. The van der Waals surface area contributed by atoms with Gasteiger partial charge in [0.05, 0.1) is 13.1 Å². The van der Waals surface area contributed by atoms with Crippen molar-refractivity contribution in [2.45, 2.75) is 6.54 Å². The average Bonchev–Trinajstić information content (AvgIpc) is 3.11. The van der Waals surface area contributed by atoms with Crippen LogP contribution in [0.3, 0.4) is 0 Å². The van der Waals surface area contributed by atoms with Crippen LogP contribution in [0.4, 0.5) is 4.79 Å². The van der Waals surface area contributed by atoms with Gasteiger partial charge in [0.15, 0.2) is 5.78 Å². The zero-order valence-corrected chi connectivity index (χ0v) is 12.0. The largest absolute Gasteiger partial charge is 0.415 e. The lowest BCUT2D eigenvalue weighted by molar-refractivity contribution is 0.104. The highest BCUT2D eigenvalue weighted by molar-refractivity contribution is 7.09. The number of allylic oxidation sites excluding steroid dienone is 1. The molecule has 0 aliphatic carbocycles. The molecule has 0 radical (unpaired) electrons. The first kappa shape index (κ1) is 13.6. The third-order valence-corrected chi connectivity index (χ3v) is 3.96. The van der Waals surface area contributed by atoms with Crippen LogP contribution in [-0.2, 0) is 11.3 Å². The van der Waals surface area contributed by atoms with Gasteiger partial charge in [0.2, 0.25) is 0 Å². The Morgan fingerprint density at radius 3 is 2.76 bits per heavy atom. The Morgan fingerprint density at radius 2 is 2.05 bits per heavy atom. The Labute approximate surface area is 126 Å². The quantitative estimate of drug-likeness (QED) is 0.641. The van der Waals surface area contributed by atoms with E-state index in [1.807, 2.05) is 23.6 Å². The predicted molar refractivity (Wildman–Crippen MR) is 80.1 cm³/mol. The Morgan fingerprint density at radius 1 is 1.24 bits per heavy atom. The molecular weight excluding hydrogens is 286 g/mol. The van der Waals surface area contributed by atoms with Gasteiger partial charge in [0.1, 0.15) is 5.76 Å². The number of benzene rings is 1. The standard InChI is InChI=1S/C16H13NO3S/c18-15(12-5-2-1-3-6-12)9-13-10-17(16(19)20-13)11-14-7-4-8-21-14/h1-9H,10-11H2. The van der Waals surface area contributed by atoms with Gasteiger partial charge in [-0.2, -0.15) is 0 Å². The minimum Gasteiger partial charge on any atom is -0.413 e. The maximum atomic E-state index is 12.0. The van der Waals surface area contributed by atoms with Gasteiger partial charge < -0.3 is 4.74 Å². The SMILES string of the molecule is O=C(C=C1CN(Cc2cccs2)C(=O)O1)c1ccccc1. The summed E-state index contributed by atoms with van der Waals surface area (Å²) >= 11 is 1.59. The van der Waals surface area contributed by atoms with Gasteiger partial charge in [0, 0.05) is 16.5 Å². The Bertz CT molecular complexity index is 677. The van der Waals surface area contributed by atoms with E-state index in [1.165, 1.54) is 6.08 Å². The number of carbonyl (C=O) groups is 2. The van der Waals surface area contributed by atoms with E-state index in [1.54, 1.807) is 40.5 Å². The van der Waals surface area contributed by atoms with Crippen molar-refractivity contribution in [3.63, 3.8) is 0 Å². The molecule has 3 rings (SSSR count). The summed E-state index contributed by atoms with van der Waals surface area (Å²) in [7, 11) is 0. The average molecular weight is 299 g/mol. The van der Waals surface area contributed by atoms with E-state index in [4.69, 9.17) is 4.74 Å². The zero-order chi connectivity index (χ0) is 14.7. The van der Waals surface area contributed by atoms with Crippen LogP contribution in [0.15, 0.2) is 59.7 Å². The Kier molecular flexibility index (Phi) is 3.83. The van der Waals surface area contributed by atoms with Crippen molar-refractivity contribution < 1.29 is 14.3 Å². The monoisotopic (exact) mass is 299 g/mol. The number of amides is 1. The molecule has 1 fully saturated rings. The van der Waals surface area contributed by atoms with E-state index in [0.717, 1.165) is 4.88 Å². The number of thiophene rings is 1. The van der Waals surface area contributed by atoms with Gasteiger partial charge in [-0.05, 0) is 11.4 Å². The topological polar surface area (TPSA) is 46.6 Å². The van der Waals surface area contributed by atoms with E-state index >= 15 is 0 Å². The molecule has 1 aliphatic rings. The van der Waals surface area contributed by atoms with E-state index in [-0.39, 0.29) is 5.78 Å². The second-order valence-corrected chi connectivity index (χ2v) is 5.68. The van der Waals surface area contributed by atoms with Crippen LogP contribution in [0.5, 0.6) is 0 Å². The summed E-state index contributed by atoms with van der Waals surface area (Å²) in [6.45, 7) is 0.836. The molecule has 0 bridgehead atoms. The fourth-order valence-corrected chi connectivity index (χ4v) is 2.80. The smallest absolute Gasteiger partial charge is 0.413 e. The Balaban J connectivity index is 1.69. The van der Waals surface area contributed by atoms with Crippen LogP contribution >= 0.6 is 11.3 Å². The number of hydrogen-bond acceptors (Lipinski definition) is 4. The first-order chi connectivity index (χ1) is 10.2. The maximum absolute atomic E-state index is 12.0. The normalized spacial score (nSPS) is 16.3. The van der Waals surface area contributed by atoms with Crippen molar-refractivity contribution in [2.24, 2.45) is 0 Å². The number of rotatable bonds is 4. The molecule has 5 heteroatoms. The molecule has 21 heavy (non-hydrogen) atoms. The fraction of sp³-hybridized carbons (Fsp3) is 0.125. The third-order valence-electron chi connectivity index (χ3n) is 3.10. The first-order valence-electron chi connectivity index (χ1n) is 6.51. The minimum absolute atomic E-state index is 0.156. The molecule has 4 nitrogen and oxygen atoms in total. The first-order valence-corrected chi connectivity index (χ1v) is 7.39. The summed E-state index contributed by atoms with van der Waals surface area (Å²) in [4.78, 5) is 26.5. The Hall–Kier alpha value is -2.40. The van der Waals surface area contributed by atoms with Gasteiger partial charge in [0.25, 0.3) is 0 Å². The summed E-state index contributed by atoms with van der Waals surface area (Å²) in [5, 5.41) is 1.96. The molecule has 0 N–H and O–H groups in total. The van der Waals surface area contributed by atoms with Crippen LogP contribution in [0.2, 0.25) is 0 Å². The van der Waals surface area contributed by atoms with Crippen molar-refractivity contribution in [3.05, 3.63) is 70.1 Å². The maximum Gasteiger partial charge on any atom is 0.415 e. The summed E-state index contributed by atoms with van der Waals surface area (Å²) in [6, 6.07) is 12.8. The van der Waals surface area contributed by atoms with Crippen LogP contribution < -0.4 is 0 Å². The fourth-order valence-electron chi connectivity index (χ4n) is 2.08. The van der Waals surface area contributed by atoms with Crippen molar-refractivity contribution in [1.82, 2.24) is 4.90 Å². The molecule has 0 saturated carbocycles. The number of hydrogen-bond donors (Lipinski definition) is 0. The summed E-state index contributed by atoms with van der Waals surface area (Å²) in [5.41, 5.74) is 0.581. The van der Waals surface area contributed by atoms with Crippen LogP contribution in [0.25, 0.3) is 0 Å². The zero-order valence-electron chi connectivity index (χ0n) is 11.2. The van der Waals surface area contributed by atoms with Gasteiger partial charge in [-0.3, -0.25) is 9.69 Å². The highest BCUT2D eigenvalue weighted by Gasteiger charge is 2.27. The van der Waals surface area contributed by atoms with Crippen molar-refractivity contribution in [1.29, 1.82) is 0 Å². The lowest BCUT2D eigenvalue weighted by Gasteiger charge is -2.09. The molecule has 1 saturated heterocycles. The molecule has 1 aromatic heterocycles. The molecule has 0 unspecified atom stereocenters. The van der Waals surface area contributed by atoms with Gasteiger partial charge in [-0.25, -0.2) is 4.79 Å². The summed E-state index contributed by atoms with van der Waals surface area (Å²) < 4.78 is 5.15. The van der Waals surface area contributed by atoms with Crippen LogP contribution in [0.1, 0.15) is 15.2 Å². The molecule has 0 atom stereocenters. The number of carbonyl (C=O) groups excluding carboxylic acids is 2. The van der Waals surface area contributed by atoms with Crippen molar-refractivity contribution in [3.8, 4) is 0 Å². The highest BCUT2D eigenvalue weighted by Crippen LogP contribution is 2.20. The molecule has 2 aromatic rings. The second kappa shape index (κ2) is 5.93. The molecular formula is C16H13NO3S. The summed E-state index contributed by atoms with van der Waals surface area (Å²) in [6.07, 6.45) is 0.984. The minimum atomic E-state index is -0.407. The second-order valence-electron chi connectivity index (χ2n) is 4.64. The third kappa shape index (κ3) is 3.20. The number of nitrogens with zero attached hydrogens (tertiary/aromatic N) is 1. The molecule has 106 valence electrons. The predicted octanol–water partition coefficient (Wildman–Crippen LogP) is 3.47. The van der Waals surface area contributed by atoms with Crippen molar-refractivity contribution >= 4 is 23.2 Å². The lowest BCUT2D eigenvalue weighted by atomic mass is 10.1. The number of ketones is 1. The van der Waals surface area contributed by atoms with Crippen molar-refractivity contribution in [2.75, 3.05) is 6.54 Å².